The zero-order valence-electron chi connectivity index (χ0n) is 15.6. The zero-order chi connectivity index (χ0) is 19.7. The number of nitrogens with two attached hydrogens (primary N) is 1. The van der Waals surface area contributed by atoms with Crippen molar-refractivity contribution in [2.75, 3.05) is 18.4 Å². The molecule has 0 saturated heterocycles. The fourth-order valence-corrected chi connectivity index (χ4v) is 3.70. The van der Waals surface area contributed by atoms with E-state index < -0.39 is 10.0 Å². The maximum atomic E-state index is 12.1. The minimum absolute atomic E-state index is 0.105. The summed E-state index contributed by atoms with van der Waals surface area (Å²) in [5.41, 5.74) is 8.30. The SMILES string of the molecule is Cc1ccc(CCCCC(=O)Nc2cccc(S(=O)(=O)NCCN)c2)cc1. The summed E-state index contributed by atoms with van der Waals surface area (Å²) in [5, 5.41) is 2.76. The number of anilines is 1. The van der Waals surface area contributed by atoms with E-state index in [0.717, 1.165) is 19.3 Å². The molecule has 2 aromatic rings. The van der Waals surface area contributed by atoms with Gasteiger partial charge in [0.15, 0.2) is 0 Å². The summed E-state index contributed by atoms with van der Waals surface area (Å²) in [6.45, 7) is 2.45. The Morgan fingerprint density at radius 1 is 1.07 bits per heavy atom. The Morgan fingerprint density at radius 3 is 2.52 bits per heavy atom. The van der Waals surface area contributed by atoms with Gasteiger partial charge in [-0.05, 0) is 49.9 Å². The molecule has 7 heteroatoms. The second-order valence-electron chi connectivity index (χ2n) is 6.46. The highest BCUT2D eigenvalue weighted by Crippen LogP contribution is 2.16. The Bertz CT molecular complexity index is 849. The summed E-state index contributed by atoms with van der Waals surface area (Å²) < 4.78 is 26.6. The number of benzene rings is 2. The number of carbonyl (C=O) groups excluding carboxylic acids is 1. The van der Waals surface area contributed by atoms with Gasteiger partial charge in [-0.1, -0.05) is 35.9 Å². The third-order valence-electron chi connectivity index (χ3n) is 4.10. The molecule has 4 N–H and O–H groups in total. The Balaban J connectivity index is 1.81. The van der Waals surface area contributed by atoms with Gasteiger partial charge in [0, 0.05) is 25.2 Å². The fourth-order valence-electron chi connectivity index (χ4n) is 2.61. The first-order valence-electron chi connectivity index (χ1n) is 9.06. The van der Waals surface area contributed by atoms with Crippen molar-refractivity contribution in [1.29, 1.82) is 0 Å². The number of carbonyl (C=O) groups is 1. The molecule has 27 heavy (non-hydrogen) atoms. The van der Waals surface area contributed by atoms with Crippen molar-refractivity contribution in [3.05, 3.63) is 59.7 Å². The van der Waals surface area contributed by atoms with E-state index in [1.165, 1.54) is 23.3 Å². The summed E-state index contributed by atoms with van der Waals surface area (Å²) in [6, 6.07) is 14.6. The highest BCUT2D eigenvalue weighted by molar-refractivity contribution is 7.89. The van der Waals surface area contributed by atoms with Crippen LogP contribution < -0.4 is 15.8 Å². The lowest BCUT2D eigenvalue weighted by atomic mass is 10.1. The Morgan fingerprint density at radius 2 is 1.81 bits per heavy atom. The average molecular weight is 390 g/mol. The van der Waals surface area contributed by atoms with Gasteiger partial charge in [-0.25, -0.2) is 13.1 Å². The summed E-state index contributed by atoms with van der Waals surface area (Å²) in [7, 11) is -3.62. The van der Waals surface area contributed by atoms with E-state index in [0.29, 0.717) is 12.1 Å². The number of rotatable bonds is 10. The molecule has 1 amide bonds. The average Bonchev–Trinajstić information content (AvgIpc) is 2.65. The Labute approximate surface area is 161 Å². The number of nitrogens with one attached hydrogen (secondary N) is 2. The molecule has 0 aliphatic carbocycles. The van der Waals surface area contributed by atoms with E-state index in [-0.39, 0.29) is 23.9 Å². The number of aryl methyl sites for hydroxylation is 2. The van der Waals surface area contributed by atoms with Crippen LogP contribution in [-0.4, -0.2) is 27.4 Å². The van der Waals surface area contributed by atoms with Gasteiger partial charge in [-0.2, -0.15) is 0 Å². The summed E-state index contributed by atoms with van der Waals surface area (Å²) in [6.07, 6.45) is 3.03. The molecule has 0 unspecified atom stereocenters. The lowest BCUT2D eigenvalue weighted by molar-refractivity contribution is -0.116. The Kier molecular flexibility index (Phi) is 7.97. The van der Waals surface area contributed by atoms with Crippen LogP contribution in [-0.2, 0) is 21.2 Å². The van der Waals surface area contributed by atoms with Crippen LogP contribution in [0.3, 0.4) is 0 Å². The topological polar surface area (TPSA) is 101 Å². The number of amides is 1. The standard InChI is InChI=1S/C20H27N3O3S/c1-16-9-11-17(12-10-16)5-2-3-8-20(24)23-18-6-4-7-19(15-18)27(25,26)22-14-13-21/h4,6-7,9-12,15,22H,2-3,5,8,13-14,21H2,1H3,(H,23,24). The lowest BCUT2D eigenvalue weighted by Gasteiger charge is -2.09. The van der Waals surface area contributed by atoms with Gasteiger partial charge in [0.2, 0.25) is 15.9 Å². The van der Waals surface area contributed by atoms with E-state index in [1.807, 2.05) is 0 Å². The monoisotopic (exact) mass is 389 g/mol. The molecule has 0 aliphatic rings. The highest BCUT2D eigenvalue weighted by atomic mass is 32.2. The molecule has 0 saturated carbocycles. The van der Waals surface area contributed by atoms with Crippen LogP contribution in [0.4, 0.5) is 5.69 Å². The van der Waals surface area contributed by atoms with E-state index in [1.54, 1.807) is 12.1 Å². The summed E-state index contributed by atoms with van der Waals surface area (Å²) in [5.74, 6) is -0.122. The molecule has 0 aliphatic heterocycles. The predicted octanol–water partition coefficient (Wildman–Crippen LogP) is 2.58. The molecule has 0 heterocycles. The molecule has 2 aromatic carbocycles. The third-order valence-corrected chi connectivity index (χ3v) is 5.56. The molecule has 6 nitrogen and oxygen atoms in total. The smallest absolute Gasteiger partial charge is 0.240 e. The molecule has 146 valence electrons. The lowest BCUT2D eigenvalue weighted by Crippen LogP contribution is -2.29. The predicted molar refractivity (Wildman–Crippen MR) is 108 cm³/mol. The van der Waals surface area contributed by atoms with Crippen molar-refractivity contribution in [2.24, 2.45) is 5.73 Å². The quantitative estimate of drug-likeness (QED) is 0.544. The normalized spacial score (nSPS) is 11.3. The van der Waals surface area contributed by atoms with E-state index in [9.17, 15) is 13.2 Å². The van der Waals surface area contributed by atoms with Crippen LogP contribution in [0.1, 0.15) is 30.4 Å². The van der Waals surface area contributed by atoms with Crippen molar-refractivity contribution in [3.8, 4) is 0 Å². The maximum Gasteiger partial charge on any atom is 0.240 e. The van der Waals surface area contributed by atoms with Crippen LogP contribution in [0.15, 0.2) is 53.4 Å². The second kappa shape index (κ2) is 10.2. The zero-order valence-corrected chi connectivity index (χ0v) is 16.4. The van der Waals surface area contributed by atoms with E-state index >= 15 is 0 Å². The largest absolute Gasteiger partial charge is 0.329 e. The molecule has 0 atom stereocenters. The van der Waals surface area contributed by atoms with Gasteiger partial charge in [-0.3, -0.25) is 4.79 Å². The van der Waals surface area contributed by atoms with Gasteiger partial charge >= 0.3 is 0 Å². The second-order valence-corrected chi connectivity index (χ2v) is 8.22. The summed E-state index contributed by atoms with van der Waals surface area (Å²) >= 11 is 0. The molecule has 0 fully saturated rings. The van der Waals surface area contributed by atoms with Crippen molar-refractivity contribution in [3.63, 3.8) is 0 Å². The maximum absolute atomic E-state index is 12.1. The Hall–Kier alpha value is -2.22. The van der Waals surface area contributed by atoms with Crippen LogP contribution >= 0.6 is 0 Å². The molecular formula is C20H27N3O3S. The van der Waals surface area contributed by atoms with Crippen molar-refractivity contribution in [1.82, 2.24) is 4.72 Å². The molecular weight excluding hydrogens is 362 g/mol. The number of sulfonamides is 1. The molecule has 0 radical (unpaired) electrons. The minimum atomic E-state index is -3.62. The first kappa shape index (κ1) is 21.1. The van der Waals surface area contributed by atoms with Crippen LogP contribution in [0.25, 0.3) is 0 Å². The highest BCUT2D eigenvalue weighted by Gasteiger charge is 2.14. The van der Waals surface area contributed by atoms with Gasteiger partial charge in [0.05, 0.1) is 4.90 Å². The number of unbranched alkanes of at least 4 members (excludes halogenated alkanes) is 1. The van der Waals surface area contributed by atoms with Crippen molar-refractivity contribution >= 4 is 21.6 Å². The van der Waals surface area contributed by atoms with E-state index in [4.69, 9.17) is 5.73 Å². The van der Waals surface area contributed by atoms with Crippen molar-refractivity contribution in [2.45, 2.75) is 37.5 Å². The van der Waals surface area contributed by atoms with Crippen LogP contribution in [0.5, 0.6) is 0 Å². The minimum Gasteiger partial charge on any atom is -0.329 e. The van der Waals surface area contributed by atoms with Crippen LogP contribution in [0, 0.1) is 6.92 Å². The van der Waals surface area contributed by atoms with Gasteiger partial charge in [-0.15, -0.1) is 0 Å². The van der Waals surface area contributed by atoms with Crippen molar-refractivity contribution < 1.29 is 13.2 Å². The number of hydrogen-bond donors (Lipinski definition) is 3. The molecule has 2 rings (SSSR count). The van der Waals surface area contributed by atoms with E-state index in [2.05, 4.69) is 41.2 Å². The van der Waals surface area contributed by atoms with Crippen LogP contribution in [0.2, 0.25) is 0 Å². The van der Waals surface area contributed by atoms with Gasteiger partial charge < -0.3 is 11.1 Å². The summed E-state index contributed by atoms with van der Waals surface area (Å²) in [4.78, 5) is 12.2. The number of hydrogen-bond acceptors (Lipinski definition) is 4. The van der Waals surface area contributed by atoms with Gasteiger partial charge in [0.25, 0.3) is 0 Å². The third kappa shape index (κ3) is 7.13. The molecule has 0 bridgehead atoms. The fraction of sp³-hybridized carbons (Fsp3) is 0.350. The molecule has 0 spiro atoms. The first-order valence-corrected chi connectivity index (χ1v) is 10.5. The van der Waals surface area contributed by atoms with Gasteiger partial charge in [0.1, 0.15) is 0 Å². The first-order chi connectivity index (χ1) is 12.9. The molecule has 0 aromatic heterocycles.